The summed E-state index contributed by atoms with van der Waals surface area (Å²) in [7, 11) is 0. The van der Waals surface area contributed by atoms with Gasteiger partial charge in [0, 0.05) is 19.6 Å². The van der Waals surface area contributed by atoms with Crippen LogP contribution in [0.2, 0.25) is 0 Å². The number of thioether (sulfide) groups is 1. The highest BCUT2D eigenvalue weighted by Gasteiger charge is 2.21. The SMILES string of the molecule is Cc1ccc(CNC(=O)CSc2nnc(N3CCCCC3)n2-c2ccccc2)cc1. The second kappa shape index (κ2) is 9.80. The Bertz CT molecular complexity index is 965. The molecular formula is C23H27N5OS. The Hall–Kier alpha value is -2.80. The van der Waals surface area contributed by atoms with Gasteiger partial charge in [0.05, 0.1) is 11.4 Å². The molecule has 1 fully saturated rings. The summed E-state index contributed by atoms with van der Waals surface area (Å²) in [4.78, 5) is 14.7. The van der Waals surface area contributed by atoms with Gasteiger partial charge in [0.15, 0.2) is 5.16 Å². The quantitative estimate of drug-likeness (QED) is 0.585. The number of hydrogen-bond donors (Lipinski definition) is 1. The number of hydrogen-bond acceptors (Lipinski definition) is 5. The van der Waals surface area contributed by atoms with Crippen molar-refractivity contribution in [2.75, 3.05) is 23.7 Å². The molecule has 7 heteroatoms. The van der Waals surface area contributed by atoms with E-state index in [9.17, 15) is 4.79 Å². The molecule has 1 aliphatic heterocycles. The Morgan fingerprint density at radius 2 is 1.73 bits per heavy atom. The second-order valence-electron chi connectivity index (χ2n) is 7.55. The van der Waals surface area contributed by atoms with Gasteiger partial charge in [0.1, 0.15) is 0 Å². The lowest BCUT2D eigenvalue weighted by Crippen LogP contribution is -2.31. The van der Waals surface area contributed by atoms with Crippen molar-refractivity contribution in [2.24, 2.45) is 0 Å². The van der Waals surface area contributed by atoms with Crippen LogP contribution in [-0.4, -0.2) is 39.5 Å². The molecular weight excluding hydrogens is 394 g/mol. The van der Waals surface area contributed by atoms with Gasteiger partial charge in [-0.25, -0.2) is 0 Å². The summed E-state index contributed by atoms with van der Waals surface area (Å²) in [5.74, 6) is 1.16. The predicted octanol–water partition coefficient (Wildman–Crippen LogP) is 3.97. The molecule has 2 aromatic carbocycles. The molecule has 156 valence electrons. The van der Waals surface area contributed by atoms with Crippen molar-refractivity contribution >= 4 is 23.6 Å². The van der Waals surface area contributed by atoms with Crippen molar-refractivity contribution in [2.45, 2.75) is 37.9 Å². The van der Waals surface area contributed by atoms with Crippen LogP contribution >= 0.6 is 11.8 Å². The molecule has 0 atom stereocenters. The Morgan fingerprint density at radius 3 is 2.47 bits per heavy atom. The Labute approximate surface area is 181 Å². The average molecular weight is 422 g/mol. The third-order valence-corrected chi connectivity index (χ3v) is 6.14. The number of carbonyl (C=O) groups is 1. The van der Waals surface area contributed by atoms with Crippen LogP contribution in [0.15, 0.2) is 59.8 Å². The van der Waals surface area contributed by atoms with Crippen LogP contribution < -0.4 is 10.2 Å². The van der Waals surface area contributed by atoms with E-state index in [0.29, 0.717) is 12.3 Å². The van der Waals surface area contributed by atoms with E-state index < -0.39 is 0 Å². The van der Waals surface area contributed by atoms with Crippen LogP contribution in [0.3, 0.4) is 0 Å². The van der Waals surface area contributed by atoms with Gasteiger partial charge in [-0.3, -0.25) is 9.36 Å². The Morgan fingerprint density at radius 1 is 1.00 bits per heavy atom. The van der Waals surface area contributed by atoms with Crippen LogP contribution in [0.25, 0.3) is 5.69 Å². The number of nitrogens with one attached hydrogen (secondary N) is 1. The van der Waals surface area contributed by atoms with Gasteiger partial charge in [-0.15, -0.1) is 10.2 Å². The molecule has 1 amide bonds. The number of benzene rings is 2. The van der Waals surface area contributed by atoms with Crippen molar-refractivity contribution in [3.8, 4) is 5.69 Å². The molecule has 0 aliphatic carbocycles. The molecule has 3 aromatic rings. The van der Waals surface area contributed by atoms with Crippen molar-refractivity contribution in [3.05, 3.63) is 65.7 Å². The van der Waals surface area contributed by atoms with Gasteiger partial charge in [-0.1, -0.05) is 59.8 Å². The number of nitrogens with zero attached hydrogens (tertiary/aromatic N) is 4. The molecule has 1 N–H and O–H groups in total. The summed E-state index contributed by atoms with van der Waals surface area (Å²) in [5.41, 5.74) is 3.33. The molecule has 2 heterocycles. The molecule has 4 rings (SSSR count). The van der Waals surface area contributed by atoms with E-state index in [4.69, 9.17) is 0 Å². The summed E-state index contributed by atoms with van der Waals surface area (Å²) < 4.78 is 2.07. The number of amides is 1. The lowest BCUT2D eigenvalue weighted by atomic mass is 10.1. The molecule has 1 aromatic heterocycles. The second-order valence-corrected chi connectivity index (χ2v) is 8.49. The fourth-order valence-electron chi connectivity index (χ4n) is 3.55. The molecule has 0 unspecified atom stereocenters. The normalized spacial score (nSPS) is 14.0. The van der Waals surface area contributed by atoms with E-state index in [2.05, 4.69) is 56.2 Å². The largest absolute Gasteiger partial charge is 0.351 e. The van der Waals surface area contributed by atoms with E-state index in [1.54, 1.807) is 0 Å². The summed E-state index contributed by atoms with van der Waals surface area (Å²) in [6, 6.07) is 18.3. The highest BCUT2D eigenvalue weighted by molar-refractivity contribution is 7.99. The minimum Gasteiger partial charge on any atom is -0.351 e. The van der Waals surface area contributed by atoms with Gasteiger partial charge in [0.2, 0.25) is 11.9 Å². The zero-order valence-electron chi connectivity index (χ0n) is 17.3. The molecule has 0 saturated carbocycles. The van der Waals surface area contributed by atoms with Gasteiger partial charge in [-0.05, 0) is 43.9 Å². The molecule has 0 bridgehead atoms. The lowest BCUT2D eigenvalue weighted by Gasteiger charge is -2.27. The van der Waals surface area contributed by atoms with E-state index in [0.717, 1.165) is 35.4 Å². The molecule has 30 heavy (non-hydrogen) atoms. The van der Waals surface area contributed by atoms with Crippen LogP contribution in [0.4, 0.5) is 5.95 Å². The Balaban J connectivity index is 1.44. The molecule has 1 saturated heterocycles. The van der Waals surface area contributed by atoms with Crippen LogP contribution in [-0.2, 0) is 11.3 Å². The standard InChI is InChI=1S/C23H27N5OS/c1-18-10-12-19(13-11-18)16-24-21(29)17-30-23-26-25-22(27-14-6-3-7-15-27)28(23)20-8-4-2-5-9-20/h2,4-5,8-13H,3,6-7,14-17H2,1H3,(H,24,29). The monoisotopic (exact) mass is 421 g/mol. The summed E-state index contributed by atoms with van der Waals surface area (Å²) >= 11 is 1.42. The third-order valence-electron chi connectivity index (χ3n) is 5.21. The fraction of sp³-hybridized carbons (Fsp3) is 0.348. The maximum absolute atomic E-state index is 12.4. The van der Waals surface area contributed by atoms with Crippen LogP contribution in [0, 0.1) is 6.92 Å². The molecule has 1 aliphatic rings. The maximum Gasteiger partial charge on any atom is 0.232 e. The van der Waals surface area contributed by atoms with Crippen LogP contribution in [0.5, 0.6) is 0 Å². The summed E-state index contributed by atoms with van der Waals surface area (Å²) in [5, 5.41) is 12.6. The number of para-hydroxylation sites is 1. The smallest absolute Gasteiger partial charge is 0.232 e. The van der Waals surface area contributed by atoms with Gasteiger partial charge in [0.25, 0.3) is 0 Å². The number of aryl methyl sites for hydroxylation is 1. The molecule has 0 radical (unpaired) electrons. The highest BCUT2D eigenvalue weighted by atomic mass is 32.2. The average Bonchev–Trinajstić information content (AvgIpc) is 3.22. The van der Waals surface area contributed by atoms with Crippen LogP contribution in [0.1, 0.15) is 30.4 Å². The minimum absolute atomic E-state index is 0.0114. The topological polar surface area (TPSA) is 63.1 Å². The first-order valence-electron chi connectivity index (χ1n) is 10.4. The van der Waals surface area contributed by atoms with Crippen molar-refractivity contribution < 1.29 is 4.79 Å². The molecule has 0 spiro atoms. The number of rotatable bonds is 7. The fourth-order valence-corrected chi connectivity index (χ4v) is 4.32. The number of anilines is 1. The van der Waals surface area contributed by atoms with Crippen molar-refractivity contribution in [3.63, 3.8) is 0 Å². The Kier molecular flexibility index (Phi) is 6.69. The number of carbonyl (C=O) groups excluding carboxylic acids is 1. The molecule has 6 nitrogen and oxygen atoms in total. The van der Waals surface area contributed by atoms with E-state index in [1.807, 2.05) is 30.3 Å². The first-order chi connectivity index (χ1) is 14.7. The first kappa shape index (κ1) is 20.5. The maximum atomic E-state index is 12.4. The number of piperidine rings is 1. The van der Waals surface area contributed by atoms with E-state index in [1.165, 1.54) is 36.6 Å². The number of aromatic nitrogens is 3. The van der Waals surface area contributed by atoms with Crippen molar-refractivity contribution in [1.82, 2.24) is 20.1 Å². The van der Waals surface area contributed by atoms with E-state index in [-0.39, 0.29) is 5.91 Å². The van der Waals surface area contributed by atoms with Crippen molar-refractivity contribution in [1.29, 1.82) is 0 Å². The zero-order chi connectivity index (χ0) is 20.8. The summed E-state index contributed by atoms with van der Waals surface area (Å²) in [6.45, 7) is 4.57. The highest BCUT2D eigenvalue weighted by Crippen LogP contribution is 2.28. The zero-order valence-corrected chi connectivity index (χ0v) is 18.1. The van der Waals surface area contributed by atoms with Gasteiger partial charge < -0.3 is 10.2 Å². The third kappa shape index (κ3) is 5.02. The minimum atomic E-state index is -0.0114. The summed E-state index contributed by atoms with van der Waals surface area (Å²) in [6.07, 6.45) is 3.61. The van der Waals surface area contributed by atoms with Gasteiger partial charge in [-0.2, -0.15) is 0 Å². The van der Waals surface area contributed by atoms with E-state index >= 15 is 0 Å². The van der Waals surface area contributed by atoms with Gasteiger partial charge >= 0.3 is 0 Å². The lowest BCUT2D eigenvalue weighted by molar-refractivity contribution is -0.118. The predicted molar refractivity (Wildman–Crippen MR) is 121 cm³/mol. The first-order valence-corrected chi connectivity index (χ1v) is 11.4.